The molecule has 0 aromatic carbocycles. The highest BCUT2D eigenvalue weighted by molar-refractivity contribution is 5.79. The summed E-state index contributed by atoms with van der Waals surface area (Å²) in [5.41, 5.74) is 3.12. The van der Waals surface area contributed by atoms with E-state index in [1.54, 1.807) is 0 Å². The van der Waals surface area contributed by atoms with Crippen molar-refractivity contribution in [1.82, 2.24) is 9.55 Å². The monoisotopic (exact) mass is 258 g/mol. The molecule has 0 saturated carbocycles. The summed E-state index contributed by atoms with van der Waals surface area (Å²) in [5, 5.41) is 11.1. The van der Waals surface area contributed by atoms with Gasteiger partial charge in [0.15, 0.2) is 0 Å². The molecule has 0 bridgehead atoms. The lowest BCUT2D eigenvalue weighted by atomic mass is 9.79. The van der Waals surface area contributed by atoms with Crippen molar-refractivity contribution in [1.29, 1.82) is 0 Å². The maximum Gasteiger partial charge on any atom is 0.0957 e. The van der Waals surface area contributed by atoms with Crippen LogP contribution in [0.2, 0.25) is 0 Å². The van der Waals surface area contributed by atoms with Crippen LogP contribution in [-0.2, 0) is 4.74 Å². The van der Waals surface area contributed by atoms with Gasteiger partial charge in [-0.15, -0.1) is 0 Å². The summed E-state index contributed by atoms with van der Waals surface area (Å²) in [7, 11) is 0. The summed E-state index contributed by atoms with van der Waals surface area (Å²) in [6, 6.07) is 0.0499. The highest BCUT2D eigenvalue weighted by Gasteiger charge is 2.46. The lowest BCUT2D eigenvalue weighted by Gasteiger charge is -2.39. The zero-order valence-corrected chi connectivity index (χ0v) is 10.9. The number of aromatic nitrogens is 2. The van der Waals surface area contributed by atoms with Gasteiger partial charge in [0.1, 0.15) is 0 Å². The minimum Gasteiger partial charge on any atom is -0.387 e. The van der Waals surface area contributed by atoms with Crippen molar-refractivity contribution in [2.75, 3.05) is 13.2 Å². The first-order valence-corrected chi connectivity index (χ1v) is 7.01. The molecule has 0 radical (unpaired) electrons. The lowest BCUT2D eigenvalue weighted by Crippen LogP contribution is -2.44. The van der Waals surface area contributed by atoms with Crippen LogP contribution < -0.4 is 0 Å². The first-order chi connectivity index (χ1) is 9.30. The van der Waals surface area contributed by atoms with Gasteiger partial charge in [0.25, 0.3) is 0 Å². The van der Waals surface area contributed by atoms with Crippen molar-refractivity contribution in [3.05, 3.63) is 35.9 Å². The SMILES string of the molecule is OC1(C2C3=C(C=CCC3)c3cncn32)CCOCC1. The number of fused-ring (bicyclic) bond motifs is 2. The number of hydrogen-bond donors (Lipinski definition) is 1. The number of nitrogens with zero attached hydrogens (tertiary/aromatic N) is 2. The van der Waals surface area contributed by atoms with E-state index in [2.05, 4.69) is 21.7 Å². The van der Waals surface area contributed by atoms with Gasteiger partial charge in [0.2, 0.25) is 0 Å². The fourth-order valence-corrected chi connectivity index (χ4v) is 3.68. The smallest absolute Gasteiger partial charge is 0.0957 e. The number of rotatable bonds is 1. The normalized spacial score (nSPS) is 28.4. The predicted octanol–water partition coefficient (Wildman–Crippen LogP) is 2.08. The number of imidazole rings is 1. The Morgan fingerprint density at radius 1 is 1.37 bits per heavy atom. The molecule has 1 atom stereocenters. The number of aliphatic hydroxyl groups is 1. The minimum absolute atomic E-state index is 0.0499. The highest BCUT2D eigenvalue weighted by Crippen LogP contribution is 2.48. The number of hydrogen-bond acceptors (Lipinski definition) is 3. The molecule has 2 aliphatic heterocycles. The Hall–Kier alpha value is -1.39. The molecule has 4 heteroatoms. The molecular weight excluding hydrogens is 240 g/mol. The molecule has 0 amide bonds. The maximum atomic E-state index is 11.1. The molecule has 4 nitrogen and oxygen atoms in total. The van der Waals surface area contributed by atoms with Crippen LogP contribution in [0.3, 0.4) is 0 Å². The van der Waals surface area contributed by atoms with Gasteiger partial charge in [-0.3, -0.25) is 0 Å². The molecule has 1 N–H and O–H groups in total. The molecule has 100 valence electrons. The van der Waals surface area contributed by atoms with Crippen LogP contribution in [0.4, 0.5) is 0 Å². The van der Waals surface area contributed by atoms with Crippen LogP contribution in [0.5, 0.6) is 0 Å². The van der Waals surface area contributed by atoms with E-state index in [-0.39, 0.29) is 6.04 Å². The van der Waals surface area contributed by atoms with Crippen molar-refractivity contribution >= 4 is 5.57 Å². The van der Waals surface area contributed by atoms with E-state index in [1.807, 2.05) is 12.5 Å². The van der Waals surface area contributed by atoms with Crippen molar-refractivity contribution in [3.63, 3.8) is 0 Å². The van der Waals surface area contributed by atoms with E-state index in [9.17, 15) is 5.11 Å². The van der Waals surface area contributed by atoms with Crippen LogP contribution in [0.1, 0.15) is 37.4 Å². The van der Waals surface area contributed by atoms with E-state index in [0.717, 1.165) is 18.5 Å². The second-order valence-electron chi connectivity index (χ2n) is 5.68. The van der Waals surface area contributed by atoms with Crippen molar-refractivity contribution < 1.29 is 9.84 Å². The molecule has 1 fully saturated rings. The molecule has 4 rings (SSSR count). The summed E-state index contributed by atoms with van der Waals surface area (Å²) in [6.07, 6.45) is 11.7. The Labute approximate surface area is 112 Å². The van der Waals surface area contributed by atoms with Crippen molar-refractivity contribution in [2.24, 2.45) is 0 Å². The maximum absolute atomic E-state index is 11.1. The Morgan fingerprint density at radius 2 is 2.21 bits per heavy atom. The van der Waals surface area contributed by atoms with E-state index in [4.69, 9.17) is 4.74 Å². The van der Waals surface area contributed by atoms with Gasteiger partial charge in [-0.05, 0) is 18.4 Å². The summed E-state index contributed by atoms with van der Waals surface area (Å²) in [6.45, 7) is 1.30. The molecule has 1 aliphatic carbocycles. The predicted molar refractivity (Wildman–Crippen MR) is 71.6 cm³/mol. The van der Waals surface area contributed by atoms with E-state index in [1.165, 1.54) is 11.1 Å². The van der Waals surface area contributed by atoms with Crippen LogP contribution in [0.15, 0.2) is 30.2 Å². The van der Waals surface area contributed by atoms with E-state index in [0.29, 0.717) is 26.1 Å². The van der Waals surface area contributed by atoms with Crippen molar-refractivity contribution in [3.8, 4) is 0 Å². The lowest BCUT2D eigenvalue weighted by molar-refractivity contribution is -0.0859. The van der Waals surface area contributed by atoms with Gasteiger partial charge in [0.05, 0.1) is 29.9 Å². The first-order valence-electron chi connectivity index (χ1n) is 7.01. The van der Waals surface area contributed by atoms with E-state index >= 15 is 0 Å². The molecule has 19 heavy (non-hydrogen) atoms. The highest BCUT2D eigenvalue weighted by atomic mass is 16.5. The summed E-state index contributed by atoms with van der Waals surface area (Å²) < 4.78 is 7.57. The summed E-state index contributed by atoms with van der Waals surface area (Å²) in [5.74, 6) is 0. The van der Waals surface area contributed by atoms with Gasteiger partial charge in [-0.25, -0.2) is 4.98 Å². The van der Waals surface area contributed by atoms with E-state index < -0.39 is 5.60 Å². The summed E-state index contributed by atoms with van der Waals surface area (Å²) in [4.78, 5) is 4.26. The second kappa shape index (κ2) is 4.05. The Bertz CT molecular complexity index is 564. The molecule has 1 aromatic heterocycles. The fraction of sp³-hybridized carbons (Fsp3) is 0.533. The van der Waals surface area contributed by atoms with Gasteiger partial charge in [-0.2, -0.15) is 0 Å². The molecule has 1 saturated heterocycles. The second-order valence-corrected chi connectivity index (χ2v) is 5.68. The fourth-order valence-electron chi connectivity index (χ4n) is 3.68. The topological polar surface area (TPSA) is 47.3 Å². The zero-order valence-electron chi connectivity index (χ0n) is 10.9. The van der Waals surface area contributed by atoms with Crippen LogP contribution in [0, 0.1) is 0 Å². The van der Waals surface area contributed by atoms with Crippen LogP contribution >= 0.6 is 0 Å². The Balaban J connectivity index is 1.83. The van der Waals surface area contributed by atoms with Gasteiger partial charge < -0.3 is 14.4 Å². The molecule has 3 heterocycles. The number of ether oxygens (including phenoxy) is 1. The largest absolute Gasteiger partial charge is 0.387 e. The minimum atomic E-state index is -0.685. The van der Waals surface area contributed by atoms with Gasteiger partial charge in [0, 0.05) is 31.6 Å². The third kappa shape index (κ3) is 1.56. The molecule has 1 aromatic rings. The Kier molecular flexibility index (Phi) is 2.44. The third-order valence-electron chi connectivity index (χ3n) is 4.63. The van der Waals surface area contributed by atoms with Crippen LogP contribution in [-0.4, -0.2) is 33.5 Å². The standard InChI is InChI=1S/C15H18N2O2/c18-15(5-7-19-8-6-15)14-12-4-2-1-3-11(12)13-9-16-10-17(13)14/h1,3,9-10,14,18H,2,4-8H2. The zero-order chi connectivity index (χ0) is 12.9. The van der Waals surface area contributed by atoms with Crippen molar-refractivity contribution in [2.45, 2.75) is 37.3 Å². The van der Waals surface area contributed by atoms with Crippen LogP contribution in [0.25, 0.3) is 5.57 Å². The Morgan fingerprint density at radius 3 is 3.05 bits per heavy atom. The first kappa shape index (κ1) is 11.4. The molecule has 1 unspecified atom stereocenters. The molecular formula is C15H18N2O2. The van der Waals surface area contributed by atoms with Gasteiger partial charge >= 0.3 is 0 Å². The third-order valence-corrected chi connectivity index (χ3v) is 4.63. The average molecular weight is 258 g/mol. The molecule has 0 spiro atoms. The average Bonchev–Trinajstić information content (AvgIpc) is 2.99. The number of allylic oxidation sites excluding steroid dienone is 3. The summed E-state index contributed by atoms with van der Waals surface area (Å²) >= 11 is 0. The van der Waals surface area contributed by atoms with Gasteiger partial charge in [-0.1, -0.05) is 12.2 Å². The molecule has 3 aliphatic rings. The quantitative estimate of drug-likeness (QED) is 0.839.